The van der Waals surface area contributed by atoms with Gasteiger partial charge in [0.1, 0.15) is 43.4 Å². The van der Waals surface area contributed by atoms with Crippen molar-refractivity contribution in [1.29, 1.82) is 0 Å². The first kappa shape index (κ1) is 35.8. The van der Waals surface area contributed by atoms with Crippen LogP contribution in [0.3, 0.4) is 0 Å². The van der Waals surface area contributed by atoms with Gasteiger partial charge in [0.25, 0.3) is 0 Å². The molecule has 49 heavy (non-hydrogen) atoms. The number of carbonyl (C=O) groups excluding carboxylic acids is 2. The van der Waals surface area contributed by atoms with Crippen LogP contribution >= 0.6 is 0 Å². The lowest BCUT2D eigenvalue weighted by molar-refractivity contribution is -0.345. The Labute approximate surface area is 285 Å². The Morgan fingerprint density at radius 1 is 0.939 bits per heavy atom. The zero-order valence-corrected chi connectivity index (χ0v) is 28.1. The zero-order valence-electron chi connectivity index (χ0n) is 28.1. The van der Waals surface area contributed by atoms with Crippen molar-refractivity contribution in [3.8, 4) is 0 Å². The molecule has 0 bridgehead atoms. The second kappa shape index (κ2) is 12.8. The molecule has 7 N–H and O–H groups in total. The van der Waals surface area contributed by atoms with Crippen LogP contribution in [0.2, 0.25) is 0 Å². The van der Waals surface area contributed by atoms with Crippen molar-refractivity contribution in [2.75, 3.05) is 13.2 Å². The minimum atomic E-state index is -1.62. The SMILES string of the molecule is C[C@H]1O[C@@H](O[C@H]2CC[C@]3(C=O)[C@H]4CC[C@]5(C)[C@@H](C6=CC(=O)OC6)CC[C@]5(O)[C@@H]4CC[C@]3(O)C2)C[C@H](O)[C@H]1O[C@@H]1O[C@H](CO)[C@@H](O)[C@H](O)[C@H]1O. The van der Waals surface area contributed by atoms with Crippen LogP contribution in [0.15, 0.2) is 11.6 Å². The van der Waals surface area contributed by atoms with Crippen molar-refractivity contribution in [1.82, 2.24) is 0 Å². The molecule has 0 aromatic rings. The van der Waals surface area contributed by atoms with Gasteiger partial charge in [0.05, 0.1) is 41.5 Å². The Morgan fingerprint density at radius 3 is 2.37 bits per heavy atom. The van der Waals surface area contributed by atoms with Crippen molar-refractivity contribution < 1.29 is 69.0 Å². The lowest BCUT2D eigenvalue weighted by Crippen LogP contribution is -2.69. The summed E-state index contributed by atoms with van der Waals surface area (Å²) in [6.07, 6.45) is -4.38. The van der Waals surface area contributed by atoms with Crippen molar-refractivity contribution in [2.45, 2.75) is 151 Å². The Bertz CT molecular complexity index is 1300. The van der Waals surface area contributed by atoms with Gasteiger partial charge in [-0.25, -0.2) is 4.79 Å². The van der Waals surface area contributed by atoms with Crippen LogP contribution in [0.4, 0.5) is 0 Å². The van der Waals surface area contributed by atoms with E-state index < -0.39 is 90.1 Å². The fraction of sp³-hybridized carbons (Fsp3) is 0.886. The molecule has 14 heteroatoms. The number of fused-ring (bicyclic) bond motifs is 5. The molecule has 17 atom stereocenters. The van der Waals surface area contributed by atoms with Crippen molar-refractivity contribution in [3.05, 3.63) is 11.6 Å². The van der Waals surface area contributed by atoms with E-state index in [0.29, 0.717) is 44.9 Å². The molecule has 276 valence electrons. The van der Waals surface area contributed by atoms with E-state index in [4.69, 9.17) is 23.7 Å². The van der Waals surface area contributed by atoms with Gasteiger partial charge in [-0.05, 0) is 81.6 Å². The maximum atomic E-state index is 13.2. The topological polar surface area (TPSA) is 222 Å². The number of carbonyl (C=O) groups is 2. The summed E-state index contributed by atoms with van der Waals surface area (Å²) in [7, 11) is 0. The quantitative estimate of drug-likeness (QED) is 0.102. The second-order valence-corrected chi connectivity index (χ2v) is 16.1. The van der Waals surface area contributed by atoms with Gasteiger partial charge >= 0.3 is 5.97 Å². The van der Waals surface area contributed by atoms with E-state index in [9.17, 15) is 45.3 Å². The molecule has 0 amide bonds. The number of aldehydes is 1. The lowest BCUT2D eigenvalue weighted by Gasteiger charge is -2.65. The Hall–Kier alpha value is -1.56. The molecule has 6 fully saturated rings. The van der Waals surface area contributed by atoms with Gasteiger partial charge in [-0.15, -0.1) is 0 Å². The minimum absolute atomic E-state index is 0.00470. The summed E-state index contributed by atoms with van der Waals surface area (Å²) in [6.45, 7) is 3.42. The largest absolute Gasteiger partial charge is 0.458 e. The number of esters is 1. The van der Waals surface area contributed by atoms with Gasteiger partial charge < -0.3 is 64.2 Å². The molecule has 0 unspecified atom stereocenters. The average Bonchev–Trinajstić information content (AvgIpc) is 3.61. The number of rotatable bonds is 7. The molecule has 4 saturated carbocycles. The Morgan fingerprint density at radius 2 is 1.69 bits per heavy atom. The maximum Gasteiger partial charge on any atom is 0.331 e. The molecular weight excluding hydrogens is 644 g/mol. The van der Waals surface area contributed by atoms with Crippen LogP contribution in [0.25, 0.3) is 0 Å². The average molecular weight is 697 g/mol. The number of hydrogen-bond acceptors (Lipinski definition) is 14. The van der Waals surface area contributed by atoms with Crippen LogP contribution in [-0.4, -0.2) is 134 Å². The van der Waals surface area contributed by atoms with Crippen molar-refractivity contribution in [2.24, 2.45) is 28.6 Å². The highest BCUT2D eigenvalue weighted by Gasteiger charge is 2.71. The van der Waals surface area contributed by atoms with Gasteiger partial charge in [-0.2, -0.15) is 0 Å². The minimum Gasteiger partial charge on any atom is -0.458 e. The molecule has 2 saturated heterocycles. The highest BCUT2D eigenvalue weighted by atomic mass is 16.7. The van der Waals surface area contributed by atoms with E-state index in [0.717, 1.165) is 18.3 Å². The number of ether oxygens (including phenoxy) is 5. The van der Waals surface area contributed by atoms with Crippen molar-refractivity contribution in [3.63, 3.8) is 0 Å². The molecule has 4 aliphatic carbocycles. The van der Waals surface area contributed by atoms with Crippen LogP contribution in [0.5, 0.6) is 0 Å². The summed E-state index contributed by atoms with van der Waals surface area (Å²) in [5.74, 6) is -0.688. The summed E-state index contributed by atoms with van der Waals surface area (Å²) in [5.41, 5.74) is -2.94. The van der Waals surface area contributed by atoms with Crippen molar-refractivity contribution >= 4 is 12.3 Å². The molecule has 14 nitrogen and oxygen atoms in total. The van der Waals surface area contributed by atoms with E-state index in [-0.39, 0.29) is 43.2 Å². The monoisotopic (exact) mass is 696 g/mol. The normalized spacial score (nSPS) is 54.3. The first-order valence-electron chi connectivity index (χ1n) is 17.9. The summed E-state index contributed by atoms with van der Waals surface area (Å²) in [4.78, 5) is 25.0. The lowest BCUT2D eigenvalue weighted by atomic mass is 9.41. The van der Waals surface area contributed by atoms with Gasteiger partial charge in [0, 0.05) is 24.3 Å². The van der Waals surface area contributed by atoms with Crippen LogP contribution in [0.1, 0.15) is 78.1 Å². The molecule has 0 aromatic heterocycles. The predicted molar refractivity (Wildman–Crippen MR) is 166 cm³/mol. The molecule has 3 aliphatic heterocycles. The molecule has 7 aliphatic rings. The van der Waals surface area contributed by atoms with Crippen LogP contribution in [-0.2, 0) is 33.3 Å². The first-order chi connectivity index (χ1) is 23.2. The molecule has 0 aromatic carbocycles. The smallest absolute Gasteiger partial charge is 0.331 e. The van der Waals surface area contributed by atoms with E-state index >= 15 is 0 Å². The third-order valence-electron chi connectivity index (χ3n) is 14.0. The summed E-state index contributed by atoms with van der Waals surface area (Å²) < 4.78 is 28.9. The van der Waals surface area contributed by atoms with Gasteiger partial charge in [-0.1, -0.05) is 6.92 Å². The van der Waals surface area contributed by atoms with E-state index in [1.54, 1.807) is 13.0 Å². The number of aliphatic hydroxyl groups excluding tert-OH is 5. The predicted octanol–water partition coefficient (Wildman–Crippen LogP) is -0.397. The van der Waals surface area contributed by atoms with E-state index in [2.05, 4.69) is 6.92 Å². The first-order valence-corrected chi connectivity index (χ1v) is 17.9. The fourth-order valence-corrected chi connectivity index (χ4v) is 11.3. The van der Waals surface area contributed by atoms with Crippen LogP contribution < -0.4 is 0 Å². The summed E-state index contributed by atoms with van der Waals surface area (Å²) >= 11 is 0. The molecule has 3 heterocycles. The van der Waals surface area contributed by atoms with Gasteiger partial charge in [0.15, 0.2) is 12.6 Å². The molecule has 0 spiro atoms. The Kier molecular flexibility index (Phi) is 9.38. The number of aliphatic hydroxyl groups is 7. The molecular formula is C35H52O14. The van der Waals surface area contributed by atoms with Gasteiger partial charge in [0.2, 0.25) is 0 Å². The molecule has 7 rings (SSSR count). The Balaban J connectivity index is 1.00. The standard InChI is InChI=1S/C35H52O14/c1-17-30(49-31-29(42)28(41)27(40)24(14-36)48-31)23(38)12-26(46-17)47-19-3-8-33(16-37)21-4-7-32(2)20(18-11-25(39)45-15-18)6-10-35(32,44)22(21)5-9-34(33,43)13-19/h11,16-17,19-24,26-31,36,38,40-44H,3-10,12-15H2,1-2H3/t17-,19+,20-,21+,22-,23+,24-,26+,27-,28+,29-,30+,31+,32-,33+,34+,35+/m1/s1. The maximum absolute atomic E-state index is 13.2. The zero-order chi connectivity index (χ0) is 35.1. The second-order valence-electron chi connectivity index (χ2n) is 16.1. The van der Waals surface area contributed by atoms with E-state index in [1.165, 1.54) is 0 Å². The number of hydrogen-bond donors (Lipinski definition) is 7. The molecule has 0 radical (unpaired) electrons. The van der Waals surface area contributed by atoms with Crippen LogP contribution in [0, 0.1) is 28.6 Å². The third-order valence-corrected chi connectivity index (χ3v) is 14.0. The fourth-order valence-electron chi connectivity index (χ4n) is 11.3. The highest BCUT2D eigenvalue weighted by Crippen LogP contribution is 2.70. The van der Waals surface area contributed by atoms with E-state index in [1.807, 2.05) is 0 Å². The van der Waals surface area contributed by atoms with Gasteiger partial charge in [-0.3, -0.25) is 0 Å². The summed E-state index contributed by atoms with van der Waals surface area (Å²) in [5, 5.41) is 75.9. The highest BCUT2D eigenvalue weighted by molar-refractivity contribution is 5.85. The third kappa shape index (κ3) is 5.47. The summed E-state index contributed by atoms with van der Waals surface area (Å²) in [6, 6.07) is 0. The number of cyclic esters (lactones) is 1.